The molecule has 2 atom stereocenters. The van der Waals surface area contributed by atoms with Crippen molar-refractivity contribution in [2.45, 2.75) is 25.3 Å². The molecule has 0 spiro atoms. The van der Waals surface area contributed by atoms with Gasteiger partial charge in [-0.05, 0) is 25.3 Å². The van der Waals surface area contributed by atoms with Gasteiger partial charge in [0.25, 0.3) is 0 Å². The second kappa shape index (κ2) is 6.19. The number of amides is 1. The average molecular weight is 289 g/mol. The van der Waals surface area contributed by atoms with E-state index in [4.69, 9.17) is 5.73 Å². The van der Waals surface area contributed by atoms with Gasteiger partial charge in [-0.3, -0.25) is 4.79 Å². The van der Waals surface area contributed by atoms with Gasteiger partial charge in [-0.15, -0.1) is 0 Å². The van der Waals surface area contributed by atoms with Gasteiger partial charge in [0, 0.05) is 32.1 Å². The van der Waals surface area contributed by atoms with Crippen LogP contribution in [0.25, 0.3) is 0 Å². The zero-order valence-electron chi connectivity index (χ0n) is 11.2. The topological polar surface area (TPSA) is 92.5 Å². The first-order valence-corrected chi connectivity index (χ1v) is 8.73. The monoisotopic (exact) mass is 289 g/mol. The van der Waals surface area contributed by atoms with Gasteiger partial charge in [0.15, 0.2) is 9.84 Å². The molecule has 0 aromatic heterocycles. The molecule has 2 heterocycles. The van der Waals surface area contributed by atoms with Crippen molar-refractivity contribution in [3.8, 4) is 0 Å². The number of hydrogen-bond acceptors (Lipinski definition) is 5. The fourth-order valence-electron chi connectivity index (χ4n) is 2.94. The lowest BCUT2D eigenvalue weighted by Crippen LogP contribution is -2.40. The van der Waals surface area contributed by atoms with Gasteiger partial charge in [0.2, 0.25) is 5.91 Å². The molecular weight excluding hydrogens is 266 g/mol. The molecule has 7 heteroatoms. The SMILES string of the molecule is NC(=O)CCS(=O)(=O)CCN1C[C@@H]2CCCN[C@@H]2C1. The Bertz CT molecular complexity index is 410. The number of nitrogens with one attached hydrogen (secondary N) is 1. The Kier molecular flexibility index (Phi) is 4.81. The summed E-state index contributed by atoms with van der Waals surface area (Å²) < 4.78 is 23.5. The molecule has 0 aromatic carbocycles. The standard InChI is InChI=1S/C12H23N3O3S/c13-12(16)3-6-19(17,18)7-5-15-8-10-2-1-4-14-11(10)9-15/h10-11,14H,1-9H2,(H2,13,16)/t10-,11+/m0/s1. The third-order valence-corrected chi connectivity index (χ3v) is 5.68. The molecule has 19 heavy (non-hydrogen) atoms. The summed E-state index contributed by atoms with van der Waals surface area (Å²) in [7, 11) is -3.16. The number of carbonyl (C=O) groups excluding carboxylic acids is 1. The van der Waals surface area contributed by atoms with E-state index in [1.165, 1.54) is 12.8 Å². The number of carbonyl (C=O) groups is 1. The predicted octanol–water partition coefficient (Wildman–Crippen LogP) is -1.04. The van der Waals surface area contributed by atoms with Gasteiger partial charge in [0.1, 0.15) is 0 Å². The Labute approximate surface area is 114 Å². The maximum absolute atomic E-state index is 11.8. The Balaban J connectivity index is 1.75. The Hall–Kier alpha value is -0.660. The number of rotatable bonds is 6. The molecule has 0 aliphatic carbocycles. The van der Waals surface area contributed by atoms with Crippen LogP contribution >= 0.6 is 0 Å². The van der Waals surface area contributed by atoms with Crippen molar-refractivity contribution in [3.63, 3.8) is 0 Å². The lowest BCUT2D eigenvalue weighted by Gasteiger charge is -2.24. The molecule has 0 bridgehead atoms. The number of primary amides is 1. The highest BCUT2D eigenvalue weighted by Gasteiger charge is 2.34. The fraction of sp³-hybridized carbons (Fsp3) is 0.917. The van der Waals surface area contributed by atoms with Crippen LogP contribution in [0.4, 0.5) is 0 Å². The largest absolute Gasteiger partial charge is 0.370 e. The molecule has 6 nitrogen and oxygen atoms in total. The van der Waals surface area contributed by atoms with E-state index in [2.05, 4.69) is 10.2 Å². The minimum Gasteiger partial charge on any atom is -0.370 e. The first-order valence-electron chi connectivity index (χ1n) is 6.91. The second-order valence-electron chi connectivity index (χ2n) is 5.59. The van der Waals surface area contributed by atoms with Crippen LogP contribution in [0, 0.1) is 5.92 Å². The summed E-state index contributed by atoms with van der Waals surface area (Å²) in [5.74, 6) is 0.114. The van der Waals surface area contributed by atoms with Crippen molar-refractivity contribution < 1.29 is 13.2 Å². The van der Waals surface area contributed by atoms with Crippen LogP contribution in [0.5, 0.6) is 0 Å². The van der Waals surface area contributed by atoms with Crippen LogP contribution in [0.15, 0.2) is 0 Å². The van der Waals surface area contributed by atoms with Crippen molar-refractivity contribution in [2.75, 3.05) is 37.7 Å². The molecule has 2 fully saturated rings. The zero-order chi connectivity index (χ0) is 13.9. The Morgan fingerprint density at radius 3 is 2.79 bits per heavy atom. The van der Waals surface area contributed by atoms with Gasteiger partial charge in [-0.2, -0.15) is 0 Å². The minimum absolute atomic E-state index is 0.0743. The van der Waals surface area contributed by atoms with E-state index in [1.54, 1.807) is 0 Å². The van der Waals surface area contributed by atoms with E-state index in [-0.39, 0.29) is 17.9 Å². The smallest absolute Gasteiger partial charge is 0.218 e. The summed E-state index contributed by atoms with van der Waals surface area (Å²) in [6, 6.07) is 0.530. The predicted molar refractivity (Wildman–Crippen MR) is 73.4 cm³/mol. The van der Waals surface area contributed by atoms with Crippen LogP contribution in [0.2, 0.25) is 0 Å². The number of nitrogens with zero attached hydrogens (tertiary/aromatic N) is 1. The highest BCUT2D eigenvalue weighted by Crippen LogP contribution is 2.24. The van der Waals surface area contributed by atoms with Crippen LogP contribution in [-0.2, 0) is 14.6 Å². The van der Waals surface area contributed by atoms with Crippen LogP contribution in [0.3, 0.4) is 0 Å². The summed E-state index contributed by atoms with van der Waals surface area (Å²) in [4.78, 5) is 12.8. The van der Waals surface area contributed by atoms with E-state index in [0.717, 1.165) is 19.6 Å². The van der Waals surface area contributed by atoms with Crippen molar-refractivity contribution in [1.82, 2.24) is 10.2 Å². The molecule has 110 valence electrons. The molecule has 0 saturated carbocycles. The van der Waals surface area contributed by atoms with Crippen molar-refractivity contribution in [3.05, 3.63) is 0 Å². The zero-order valence-corrected chi connectivity index (χ0v) is 12.0. The van der Waals surface area contributed by atoms with E-state index in [9.17, 15) is 13.2 Å². The second-order valence-corrected chi connectivity index (χ2v) is 7.89. The third-order valence-electron chi connectivity index (χ3n) is 4.05. The molecule has 0 aromatic rings. The lowest BCUT2D eigenvalue weighted by molar-refractivity contribution is -0.117. The van der Waals surface area contributed by atoms with Gasteiger partial charge < -0.3 is 16.0 Å². The fourth-order valence-corrected chi connectivity index (χ4v) is 4.20. The first kappa shape index (κ1) is 14.7. The van der Waals surface area contributed by atoms with Crippen LogP contribution in [0.1, 0.15) is 19.3 Å². The van der Waals surface area contributed by atoms with Gasteiger partial charge >= 0.3 is 0 Å². The summed E-state index contributed by atoms with van der Waals surface area (Å²) in [5.41, 5.74) is 4.98. The quantitative estimate of drug-likeness (QED) is 0.651. The van der Waals surface area contributed by atoms with Crippen molar-refractivity contribution in [1.29, 1.82) is 0 Å². The normalized spacial score (nSPS) is 28.2. The number of fused-ring (bicyclic) bond motifs is 1. The summed E-state index contributed by atoms with van der Waals surface area (Å²) in [5, 5.41) is 3.50. The molecule has 2 rings (SSSR count). The Morgan fingerprint density at radius 2 is 2.11 bits per heavy atom. The van der Waals surface area contributed by atoms with Crippen molar-refractivity contribution in [2.24, 2.45) is 11.7 Å². The number of hydrogen-bond donors (Lipinski definition) is 2. The highest BCUT2D eigenvalue weighted by atomic mass is 32.2. The first-order chi connectivity index (χ1) is 8.96. The van der Waals surface area contributed by atoms with Crippen LogP contribution < -0.4 is 11.1 Å². The van der Waals surface area contributed by atoms with Crippen LogP contribution in [-0.4, -0.2) is 63.0 Å². The summed E-state index contributed by atoms with van der Waals surface area (Å²) >= 11 is 0. The number of likely N-dealkylation sites (tertiary alicyclic amines) is 1. The molecule has 2 aliphatic heterocycles. The Morgan fingerprint density at radius 1 is 1.32 bits per heavy atom. The number of nitrogens with two attached hydrogens (primary N) is 1. The minimum atomic E-state index is -3.16. The molecule has 2 saturated heterocycles. The van der Waals surface area contributed by atoms with Gasteiger partial charge in [-0.1, -0.05) is 0 Å². The molecular formula is C12H23N3O3S. The molecule has 0 radical (unpaired) electrons. The lowest BCUT2D eigenvalue weighted by atomic mass is 9.94. The molecule has 0 unspecified atom stereocenters. The maximum atomic E-state index is 11.8. The van der Waals surface area contributed by atoms with E-state index in [1.807, 2.05) is 0 Å². The molecule has 2 aliphatic rings. The van der Waals surface area contributed by atoms with Gasteiger partial charge in [0.05, 0.1) is 11.5 Å². The van der Waals surface area contributed by atoms with E-state index >= 15 is 0 Å². The van der Waals surface area contributed by atoms with E-state index < -0.39 is 15.7 Å². The molecule has 3 N–H and O–H groups in total. The molecule has 1 amide bonds. The number of piperidine rings is 1. The number of sulfone groups is 1. The average Bonchev–Trinajstić information content (AvgIpc) is 2.77. The third kappa shape index (κ3) is 4.43. The van der Waals surface area contributed by atoms with Crippen molar-refractivity contribution >= 4 is 15.7 Å². The highest BCUT2D eigenvalue weighted by molar-refractivity contribution is 7.91. The maximum Gasteiger partial charge on any atom is 0.218 e. The summed E-state index contributed by atoms with van der Waals surface area (Å²) in [6.45, 7) is 3.57. The van der Waals surface area contributed by atoms with E-state index in [0.29, 0.717) is 18.5 Å². The summed E-state index contributed by atoms with van der Waals surface area (Å²) in [6.07, 6.45) is 2.38. The van der Waals surface area contributed by atoms with Gasteiger partial charge in [-0.25, -0.2) is 8.42 Å².